The number of carbonyl (C=O) groups is 1. The SMILES string of the molecule is CCOC(=O)C(O)c1cc(Cl)c2c(c1CC)OCO2. The highest BCUT2D eigenvalue weighted by atomic mass is 35.5. The maximum absolute atomic E-state index is 11.6. The number of fused-ring (bicyclic) bond motifs is 1. The molecular formula is C13H15ClO5. The van der Waals surface area contributed by atoms with Crippen molar-refractivity contribution in [3.63, 3.8) is 0 Å². The molecule has 0 aromatic heterocycles. The molecule has 6 heteroatoms. The molecule has 1 aliphatic rings. The van der Waals surface area contributed by atoms with Gasteiger partial charge in [0.25, 0.3) is 0 Å². The van der Waals surface area contributed by atoms with Gasteiger partial charge < -0.3 is 19.3 Å². The van der Waals surface area contributed by atoms with Crippen LogP contribution >= 0.6 is 11.6 Å². The highest BCUT2D eigenvalue weighted by Crippen LogP contribution is 2.45. The third-order valence-corrected chi connectivity index (χ3v) is 3.17. The Morgan fingerprint density at radius 1 is 1.47 bits per heavy atom. The lowest BCUT2D eigenvalue weighted by Gasteiger charge is -2.16. The number of benzene rings is 1. The summed E-state index contributed by atoms with van der Waals surface area (Å²) in [7, 11) is 0. The van der Waals surface area contributed by atoms with Crippen molar-refractivity contribution in [2.75, 3.05) is 13.4 Å². The largest absolute Gasteiger partial charge is 0.464 e. The Morgan fingerprint density at radius 2 is 2.16 bits per heavy atom. The van der Waals surface area contributed by atoms with Gasteiger partial charge in [-0.05, 0) is 19.4 Å². The Morgan fingerprint density at radius 3 is 2.79 bits per heavy atom. The van der Waals surface area contributed by atoms with Crippen molar-refractivity contribution in [2.24, 2.45) is 0 Å². The minimum atomic E-state index is -1.37. The van der Waals surface area contributed by atoms with Crippen LogP contribution in [-0.4, -0.2) is 24.5 Å². The summed E-state index contributed by atoms with van der Waals surface area (Å²) in [6.07, 6.45) is -0.795. The van der Waals surface area contributed by atoms with Crippen molar-refractivity contribution in [3.8, 4) is 11.5 Å². The van der Waals surface area contributed by atoms with E-state index in [4.69, 9.17) is 25.8 Å². The molecule has 0 amide bonds. The summed E-state index contributed by atoms with van der Waals surface area (Å²) in [5.74, 6) is 0.249. The summed E-state index contributed by atoms with van der Waals surface area (Å²) in [4.78, 5) is 11.6. The van der Waals surface area contributed by atoms with Gasteiger partial charge in [-0.2, -0.15) is 0 Å². The van der Waals surface area contributed by atoms with Crippen LogP contribution in [0.3, 0.4) is 0 Å². The summed E-state index contributed by atoms with van der Waals surface area (Å²) in [5, 5.41) is 10.4. The van der Waals surface area contributed by atoms with Crippen LogP contribution in [0.5, 0.6) is 11.5 Å². The van der Waals surface area contributed by atoms with Crippen LogP contribution in [0.2, 0.25) is 5.02 Å². The number of esters is 1. The van der Waals surface area contributed by atoms with Gasteiger partial charge in [-0.3, -0.25) is 0 Å². The average molecular weight is 287 g/mol. The Bertz CT molecular complexity index is 500. The first-order valence-corrected chi connectivity index (χ1v) is 6.43. The number of halogens is 1. The number of aliphatic hydroxyl groups excluding tert-OH is 1. The Labute approximate surface area is 116 Å². The summed E-state index contributed by atoms with van der Waals surface area (Å²) in [5.41, 5.74) is 1.10. The molecule has 1 N–H and O–H groups in total. The van der Waals surface area contributed by atoms with Crippen molar-refractivity contribution in [1.29, 1.82) is 0 Å². The molecule has 1 heterocycles. The van der Waals surface area contributed by atoms with Crippen LogP contribution in [0, 0.1) is 0 Å². The fourth-order valence-corrected chi connectivity index (χ4v) is 2.31. The molecule has 19 heavy (non-hydrogen) atoms. The molecule has 0 fully saturated rings. The number of hydrogen-bond acceptors (Lipinski definition) is 5. The molecule has 2 rings (SSSR count). The molecule has 0 saturated carbocycles. The van der Waals surface area contributed by atoms with E-state index in [-0.39, 0.29) is 13.4 Å². The van der Waals surface area contributed by atoms with E-state index in [1.54, 1.807) is 6.92 Å². The molecule has 0 bridgehead atoms. The van der Waals surface area contributed by atoms with E-state index in [0.717, 1.165) is 0 Å². The van der Waals surface area contributed by atoms with Gasteiger partial charge in [0.15, 0.2) is 17.6 Å². The first kappa shape index (κ1) is 14.0. The van der Waals surface area contributed by atoms with Gasteiger partial charge in [-0.25, -0.2) is 4.79 Å². The normalized spacial score (nSPS) is 14.3. The second kappa shape index (κ2) is 5.67. The van der Waals surface area contributed by atoms with Crippen molar-refractivity contribution in [1.82, 2.24) is 0 Å². The van der Waals surface area contributed by atoms with Gasteiger partial charge in [0.05, 0.1) is 11.6 Å². The fraction of sp³-hybridized carbons (Fsp3) is 0.462. The molecule has 1 unspecified atom stereocenters. The molecule has 0 radical (unpaired) electrons. The molecule has 1 aliphatic heterocycles. The van der Waals surface area contributed by atoms with E-state index in [1.807, 2.05) is 6.92 Å². The minimum absolute atomic E-state index is 0.0843. The second-order valence-electron chi connectivity index (χ2n) is 4.00. The molecule has 5 nitrogen and oxygen atoms in total. The van der Waals surface area contributed by atoms with Gasteiger partial charge in [0.2, 0.25) is 6.79 Å². The zero-order chi connectivity index (χ0) is 14.0. The maximum atomic E-state index is 11.6. The molecule has 1 aromatic carbocycles. The number of aliphatic hydroxyl groups is 1. The zero-order valence-electron chi connectivity index (χ0n) is 10.7. The number of rotatable bonds is 4. The molecule has 1 atom stereocenters. The monoisotopic (exact) mass is 286 g/mol. The van der Waals surface area contributed by atoms with Crippen LogP contribution in [0.4, 0.5) is 0 Å². The predicted octanol–water partition coefficient (Wildman–Crippen LogP) is 2.23. The molecule has 104 valence electrons. The van der Waals surface area contributed by atoms with E-state index in [0.29, 0.717) is 34.1 Å². The molecule has 1 aromatic rings. The van der Waals surface area contributed by atoms with Gasteiger partial charge in [0.1, 0.15) is 0 Å². The van der Waals surface area contributed by atoms with Crippen LogP contribution < -0.4 is 9.47 Å². The first-order chi connectivity index (χ1) is 9.10. The maximum Gasteiger partial charge on any atom is 0.339 e. The molecule has 0 spiro atoms. The highest BCUT2D eigenvalue weighted by Gasteiger charge is 2.29. The van der Waals surface area contributed by atoms with E-state index in [9.17, 15) is 9.90 Å². The predicted molar refractivity (Wildman–Crippen MR) is 68.5 cm³/mol. The van der Waals surface area contributed by atoms with Crippen molar-refractivity contribution >= 4 is 17.6 Å². The summed E-state index contributed by atoms with van der Waals surface area (Å²) < 4.78 is 15.4. The van der Waals surface area contributed by atoms with Crippen LogP contribution in [0.25, 0.3) is 0 Å². The third kappa shape index (κ3) is 2.48. The number of hydrogen-bond donors (Lipinski definition) is 1. The third-order valence-electron chi connectivity index (χ3n) is 2.89. The van der Waals surface area contributed by atoms with Gasteiger partial charge in [-0.1, -0.05) is 18.5 Å². The van der Waals surface area contributed by atoms with Crippen LogP contribution in [0.15, 0.2) is 6.07 Å². The van der Waals surface area contributed by atoms with Crippen LogP contribution in [0.1, 0.15) is 31.1 Å². The van der Waals surface area contributed by atoms with Crippen LogP contribution in [-0.2, 0) is 16.0 Å². The lowest BCUT2D eigenvalue weighted by Crippen LogP contribution is -2.17. The topological polar surface area (TPSA) is 65.0 Å². The molecule has 0 aliphatic carbocycles. The second-order valence-corrected chi connectivity index (χ2v) is 4.41. The Balaban J connectivity index is 2.46. The lowest BCUT2D eigenvalue weighted by atomic mass is 9.98. The van der Waals surface area contributed by atoms with Crippen molar-refractivity contribution in [2.45, 2.75) is 26.4 Å². The summed E-state index contributed by atoms with van der Waals surface area (Å²) in [6.45, 7) is 3.86. The summed E-state index contributed by atoms with van der Waals surface area (Å²) in [6, 6.07) is 1.52. The van der Waals surface area contributed by atoms with Gasteiger partial charge in [-0.15, -0.1) is 0 Å². The van der Waals surface area contributed by atoms with Crippen molar-refractivity contribution < 1.29 is 24.1 Å². The van der Waals surface area contributed by atoms with Crippen molar-refractivity contribution in [3.05, 3.63) is 22.2 Å². The van der Waals surface area contributed by atoms with E-state index in [2.05, 4.69) is 0 Å². The van der Waals surface area contributed by atoms with E-state index >= 15 is 0 Å². The lowest BCUT2D eigenvalue weighted by molar-refractivity contribution is -0.153. The first-order valence-electron chi connectivity index (χ1n) is 6.05. The standard InChI is InChI=1S/C13H15ClO5/c1-3-7-8(10(15)13(16)17-4-2)5-9(14)12-11(7)18-6-19-12/h5,10,15H,3-4,6H2,1-2H3. The summed E-state index contributed by atoms with van der Waals surface area (Å²) >= 11 is 6.06. The molecule has 0 saturated heterocycles. The Kier molecular flexibility index (Phi) is 4.17. The number of ether oxygens (including phenoxy) is 3. The highest BCUT2D eigenvalue weighted by molar-refractivity contribution is 6.32. The van der Waals surface area contributed by atoms with E-state index < -0.39 is 12.1 Å². The molecular weight excluding hydrogens is 272 g/mol. The smallest absolute Gasteiger partial charge is 0.339 e. The van der Waals surface area contributed by atoms with Gasteiger partial charge >= 0.3 is 5.97 Å². The fourth-order valence-electron chi connectivity index (χ4n) is 2.06. The van der Waals surface area contributed by atoms with E-state index in [1.165, 1.54) is 6.07 Å². The average Bonchev–Trinajstić information content (AvgIpc) is 2.87. The number of carbonyl (C=O) groups excluding carboxylic acids is 1. The Hall–Kier alpha value is -1.46. The quantitative estimate of drug-likeness (QED) is 0.860. The zero-order valence-corrected chi connectivity index (χ0v) is 11.5. The minimum Gasteiger partial charge on any atom is -0.464 e. The van der Waals surface area contributed by atoms with Gasteiger partial charge in [0, 0.05) is 11.1 Å².